The fraction of sp³-hybridized carbons (Fsp3) is 0.538. The van der Waals surface area contributed by atoms with Crippen LogP contribution in [0.5, 0.6) is 0 Å². The van der Waals surface area contributed by atoms with E-state index in [1.807, 2.05) is 0 Å². The monoisotopic (exact) mass is 369 g/mol. The molecule has 1 unspecified atom stereocenters. The van der Waals surface area contributed by atoms with Gasteiger partial charge < -0.3 is 10.0 Å². The van der Waals surface area contributed by atoms with Crippen molar-refractivity contribution < 1.29 is 36.8 Å². The summed E-state index contributed by atoms with van der Waals surface area (Å²) in [6, 6.07) is 0.301. The Labute approximate surface area is 137 Å². The van der Waals surface area contributed by atoms with E-state index in [0.29, 0.717) is 18.7 Å². The lowest BCUT2D eigenvalue weighted by Crippen LogP contribution is -2.39. The largest absolute Gasteiger partial charge is 0.481 e. The molecule has 0 bridgehead atoms. The lowest BCUT2D eigenvalue weighted by atomic mass is 9.97. The number of rotatable bonds is 4. The highest BCUT2D eigenvalue weighted by molar-refractivity contribution is 5.72. The molecule has 1 atom stereocenters. The number of anilines is 1. The molecule has 2 rings (SSSR count). The van der Waals surface area contributed by atoms with Gasteiger partial charge in [0.1, 0.15) is 17.6 Å². The van der Waals surface area contributed by atoms with Gasteiger partial charge in [0, 0.05) is 13.1 Å². The number of alkyl halides is 5. The number of aromatic nitrogens is 1. The first-order valence-electron chi connectivity index (χ1n) is 7.02. The third-order valence-electron chi connectivity index (χ3n) is 3.85. The van der Waals surface area contributed by atoms with Gasteiger partial charge in [-0.1, -0.05) is 0 Å². The number of carbonyl (C=O) groups is 1. The number of nitrogens with zero attached hydrogens (tertiary/aromatic N) is 3. The second-order valence-electron chi connectivity index (χ2n) is 5.51. The number of carboxylic acids is 1. The van der Waals surface area contributed by atoms with Crippen molar-refractivity contribution in [2.24, 2.45) is 5.92 Å². The Morgan fingerprint density at radius 3 is 2.52 bits per heavy atom. The molecule has 1 aliphatic rings. The zero-order valence-corrected chi connectivity index (χ0v) is 12.5. The summed E-state index contributed by atoms with van der Waals surface area (Å²) in [6.45, 7) is -0.150. The van der Waals surface area contributed by atoms with Crippen molar-refractivity contribution >= 4 is 17.3 Å². The summed E-state index contributed by atoms with van der Waals surface area (Å²) in [5.41, 5.74) is -2.96. The molecule has 1 N–H and O–H groups in total. The number of piperidine rings is 1. The summed E-state index contributed by atoms with van der Waals surface area (Å²) in [5, 5.41) is 20.1. The third-order valence-corrected chi connectivity index (χ3v) is 3.85. The molecule has 1 fully saturated rings. The molecule has 1 aliphatic heterocycles. The molecule has 0 spiro atoms. The Bertz CT molecular complexity index is 695. The Morgan fingerprint density at radius 2 is 2.00 bits per heavy atom. The maximum absolute atomic E-state index is 13.5. The first kappa shape index (κ1) is 18.8. The van der Waals surface area contributed by atoms with Crippen LogP contribution in [0.25, 0.3) is 0 Å². The fourth-order valence-corrected chi connectivity index (χ4v) is 2.55. The molecule has 0 aromatic carbocycles. The summed E-state index contributed by atoms with van der Waals surface area (Å²) in [4.78, 5) is 25.2. The van der Waals surface area contributed by atoms with Crippen LogP contribution in [0, 0.1) is 16.0 Å². The van der Waals surface area contributed by atoms with Crippen LogP contribution in [0.2, 0.25) is 0 Å². The minimum absolute atomic E-state index is 0.0890. The molecule has 0 saturated carbocycles. The summed E-state index contributed by atoms with van der Waals surface area (Å²) < 4.78 is 64.5. The van der Waals surface area contributed by atoms with Crippen LogP contribution in [0.1, 0.15) is 18.5 Å². The Morgan fingerprint density at radius 1 is 1.36 bits per heavy atom. The van der Waals surface area contributed by atoms with Crippen molar-refractivity contribution in [1.29, 1.82) is 0 Å². The predicted molar refractivity (Wildman–Crippen MR) is 73.4 cm³/mol. The van der Waals surface area contributed by atoms with E-state index in [-0.39, 0.29) is 19.5 Å². The molecule has 0 amide bonds. The zero-order chi connectivity index (χ0) is 19.0. The fourth-order valence-electron chi connectivity index (χ4n) is 2.55. The minimum Gasteiger partial charge on any atom is -0.481 e. The SMILES string of the molecule is O=C(O)C1CCCN(c2cc(C(F)(F)C(F)(F)F)ncc2[N+](=O)[O-])C1. The average Bonchev–Trinajstić information content (AvgIpc) is 2.53. The van der Waals surface area contributed by atoms with Gasteiger partial charge in [-0.25, -0.2) is 4.98 Å². The topological polar surface area (TPSA) is 96.6 Å². The van der Waals surface area contributed by atoms with E-state index in [2.05, 4.69) is 4.98 Å². The number of hydrogen-bond donors (Lipinski definition) is 1. The Hall–Kier alpha value is -2.53. The van der Waals surface area contributed by atoms with Gasteiger partial charge in [0.15, 0.2) is 0 Å². The second-order valence-corrected chi connectivity index (χ2v) is 5.51. The predicted octanol–water partition coefficient (Wildman–Crippen LogP) is 2.94. The van der Waals surface area contributed by atoms with Crippen LogP contribution in [0.4, 0.5) is 33.3 Å². The molecule has 12 heteroatoms. The summed E-state index contributed by atoms with van der Waals surface area (Å²) >= 11 is 0. The normalized spacial score (nSPS) is 18.9. The van der Waals surface area contributed by atoms with Crippen molar-refractivity contribution in [3.8, 4) is 0 Å². The lowest BCUT2D eigenvalue weighted by molar-refractivity contribution is -0.384. The van der Waals surface area contributed by atoms with E-state index >= 15 is 0 Å². The quantitative estimate of drug-likeness (QED) is 0.498. The van der Waals surface area contributed by atoms with Gasteiger partial charge in [-0.3, -0.25) is 14.9 Å². The second kappa shape index (κ2) is 6.41. The van der Waals surface area contributed by atoms with Gasteiger partial charge in [-0.15, -0.1) is 0 Å². The van der Waals surface area contributed by atoms with Crippen LogP contribution in [-0.2, 0) is 10.7 Å². The molecule has 1 aromatic rings. The molecule has 7 nitrogen and oxygen atoms in total. The van der Waals surface area contributed by atoms with E-state index in [0.717, 1.165) is 4.90 Å². The van der Waals surface area contributed by atoms with Crippen LogP contribution in [0.15, 0.2) is 12.3 Å². The molecular formula is C13H12F5N3O4. The Balaban J connectivity index is 2.49. The number of aliphatic carboxylic acids is 1. The number of nitro groups is 1. The highest BCUT2D eigenvalue weighted by Gasteiger charge is 2.60. The Kier molecular flexibility index (Phi) is 4.82. The van der Waals surface area contributed by atoms with Crippen molar-refractivity contribution in [2.45, 2.75) is 24.9 Å². The molecule has 25 heavy (non-hydrogen) atoms. The van der Waals surface area contributed by atoms with Gasteiger partial charge in [0.05, 0.1) is 10.8 Å². The van der Waals surface area contributed by atoms with Crippen LogP contribution < -0.4 is 4.90 Å². The van der Waals surface area contributed by atoms with Crippen LogP contribution >= 0.6 is 0 Å². The number of carboxylic acid groups (broad SMARTS) is 1. The van der Waals surface area contributed by atoms with E-state index in [4.69, 9.17) is 5.11 Å². The zero-order valence-electron chi connectivity index (χ0n) is 12.5. The van der Waals surface area contributed by atoms with Crippen molar-refractivity contribution in [3.05, 3.63) is 28.1 Å². The van der Waals surface area contributed by atoms with E-state index in [1.54, 1.807) is 0 Å². The smallest absolute Gasteiger partial charge is 0.459 e. The van der Waals surface area contributed by atoms with Gasteiger partial charge in [-0.2, -0.15) is 22.0 Å². The van der Waals surface area contributed by atoms with Gasteiger partial charge in [-0.05, 0) is 18.9 Å². The van der Waals surface area contributed by atoms with Crippen molar-refractivity contribution in [1.82, 2.24) is 4.98 Å². The lowest BCUT2D eigenvalue weighted by Gasteiger charge is -2.32. The van der Waals surface area contributed by atoms with Gasteiger partial charge in [0.25, 0.3) is 0 Å². The standard InChI is InChI=1S/C13H12F5N3O4/c14-12(15,13(16,17)18)10-4-8(9(5-19-10)21(24)25)20-3-1-2-7(6-20)11(22)23/h4-5,7H,1-3,6H2,(H,22,23). The summed E-state index contributed by atoms with van der Waals surface area (Å²) in [7, 11) is 0. The first-order valence-corrected chi connectivity index (χ1v) is 7.02. The average molecular weight is 369 g/mol. The molecular weight excluding hydrogens is 357 g/mol. The maximum Gasteiger partial charge on any atom is 0.459 e. The third kappa shape index (κ3) is 3.61. The summed E-state index contributed by atoms with van der Waals surface area (Å²) in [5.74, 6) is -7.38. The van der Waals surface area contributed by atoms with Crippen LogP contribution in [-0.4, -0.2) is 40.2 Å². The van der Waals surface area contributed by atoms with Crippen molar-refractivity contribution in [3.63, 3.8) is 0 Å². The van der Waals surface area contributed by atoms with E-state index in [9.17, 15) is 36.9 Å². The maximum atomic E-state index is 13.5. The molecule has 0 aliphatic carbocycles. The van der Waals surface area contributed by atoms with Crippen molar-refractivity contribution in [2.75, 3.05) is 18.0 Å². The van der Waals surface area contributed by atoms with Gasteiger partial charge in [0.2, 0.25) is 0 Å². The number of hydrogen-bond acceptors (Lipinski definition) is 5. The first-order chi connectivity index (χ1) is 11.4. The van der Waals surface area contributed by atoms with E-state index in [1.165, 1.54) is 0 Å². The highest BCUT2D eigenvalue weighted by Crippen LogP contribution is 2.45. The van der Waals surface area contributed by atoms with Gasteiger partial charge >= 0.3 is 23.8 Å². The molecule has 1 saturated heterocycles. The highest BCUT2D eigenvalue weighted by atomic mass is 19.4. The molecule has 1 aromatic heterocycles. The molecule has 2 heterocycles. The minimum atomic E-state index is -5.92. The van der Waals surface area contributed by atoms with Crippen LogP contribution in [0.3, 0.4) is 0 Å². The number of pyridine rings is 1. The molecule has 0 radical (unpaired) electrons. The number of halogens is 5. The van der Waals surface area contributed by atoms with E-state index < -0.39 is 46.0 Å². The summed E-state index contributed by atoms with van der Waals surface area (Å²) in [6.07, 6.45) is -5.02. The molecule has 138 valence electrons.